The molecule has 0 amide bonds. The predicted octanol–water partition coefficient (Wildman–Crippen LogP) is 3.91. The lowest BCUT2D eigenvalue weighted by Crippen LogP contribution is -2.26. The van der Waals surface area contributed by atoms with Crippen molar-refractivity contribution in [2.24, 2.45) is 0 Å². The van der Waals surface area contributed by atoms with Gasteiger partial charge in [0.25, 0.3) is 0 Å². The predicted molar refractivity (Wildman–Crippen MR) is 69.9 cm³/mol. The molecule has 0 bridgehead atoms. The first-order chi connectivity index (χ1) is 7.44. The Morgan fingerprint density at radius 3 is 2.75 bits per heavy atom. The summed E-state index contributed by atoms with van der Waals surface area (Å²) in [7, 11) is 0. The fourth-order valence-corrected chi connectivity index (χ4v) is 2.01. The molecule has 1 rings (SSSR count). The maximum Gasteiger partial charge on any atom is 0.0663 e. The van der Waals surface area contributed by atoms with Crippen LogP contribution in [0.25, 0.3) is 0 Å². The first-order valence-electron chi connectivity index (χ1n) is 5.53. The van der Waals surface area contributed by atoms with E-state index >= 15 is 0 Å². The average molecular weight is 239 g/mol. The molecule has 0 spiro atoms. The Bertz CT molecular complexity index is 369. The molecule has 88 valence electrons. The molecular formula is C14H19ClO. The molecule has 1 aromatic carbocycles. The van der Waals surface area contributed by atoms with Gasteiger partial charge in [0.05, 0.1) is 5.60 Å². The van der Waals surface area contributed by atoms with E-state index in [2.05, 4.69) is 6.58 Å². The summed E-state index contributed by atoms with van der Waals surface area (Å²) in [6.45, 7) is 7.51. The normalized spacial score (nSPS) is 14.5. The number of hydrogen-bond acceptors (Lipinski definition) is 1. The first kappa shape index (κ1) is 13.3. The number of benzene rings is 1. The van der Waals surface area contributed by atoms with Crippen LogP contribution in [0.4, 0.5) is 0 Å². The van der Waals surface area contributed by atoms with E-state index < -0.39 is 5.60 Å². The zero-order valence-electron chi connectivity index (χ0n) is 9.96. The van der Waals surface area contributed by atoms with Gasteiger partial charge in [0.2, 0.25) is 0 Å². The third kappa shape index (κ3) is 3.99. The molecule has 1 unspecified atom stereocenters. The van der Waals surface area contributed by atoms with Gasteiger partial charge in [-0.25, -0.2) is 0 Å². The van der Waals surface area contributed by atoms with Crippen molar-refractivity contribution < 1.29 is 5.11 Å². The Labute approximate surface area is 103 Å². The van der Waals surface area contributed by atoms with Crippen LogP contribution in [0.3, 0.4) is 0 Å². The number of rotatable bonds is 5. The van der Waals surface area contributed by atoms with Gasteiger partial charge in [-0.05, 0) is 43.9 Å². The maximum atomic E-state index is 10.2. The highest BCUT2D eigenvalue weighted by Gasteiger charge is 2.21. The molecule has 0 aliphatic carbocycles. The van der Waals surface area contributed by atoms with Crippen molar-refractivity contribution in [1.82, 2.24) is 0 Å². The molecule has 1 nitrogen and oxygen atoms in total. The Morgan fingerprint density at radius 2 is 2.19 bits per heavy atom. The van der Waals surface area contributed by atoms with E-state index in [9.17, 15) is 5.11 Å². The van der Waals surface area contributed by atoms with Crippen molar-refractivity contribution in [1.29, 1.82) is 0 Å². The lowest BCUT2D eigenvalue weighted by molar-refractivity contribution is 0.0523. The van der Waals surface area contributed by atoms with Gasteiger partial charge in [-0.2, -0.15) is 0 Å². The van der Waals surface area contributed by atoms with Crippen LogP contribution >= 0.6 is 11.6 Å². The van der Waals surface area contributed by atoms with Gasteiger partial charge in [0, 0.05) is 11.4 Å². The lowest BCUT2D eigenvalue weighted by Gasteiger charge is -2.23. The van der Waals surface area contributed by atoms with E-state index in [-0.39, 0.29) is 0 Å². The van der Waals surface area contributed by atoms with Crippen LogP contribution in [0.2, 0.25) is 5.02 Å². The maximum absolute atomic E-state index is 10.2. The number of aryl methyl sites for hydroxylation is 1. The molecule has 0 aliphatic heterocycles. The minimum absolute atomic E-state index is 0.583. The van der Waals surface area contributed by atoms with Crippen molar-refractivity contribution >= 4 is 11.6 Å². The smallest absolute Gasteiger partial charge is 0.0663 e. The summed E-state index contributed by atoms with van der Waals surface area (Å²) >= 11 is 6.14. The van der Waals surface area contributed by atoms with Crippen LogP contribution in [0.5, 0.6) is 0 Å². The largest absolute Gasteiger partial charge is 0.390 e. The molecule has 1 N–H and O–H groups in total. The average Bonchev–Trinajstić information content (AvgIpc) is 2.19. The SMILES string of the molecule is C=CCCC(C)(O)Cc1ccc(C)cc1Cl. The van der Waals surface area contributed by atoms with Crippen LogP contribution in [0, 0.1) is 6.92 Å². The highest BCUT2D eigenvalue weighted by Crippen LogP contribution is 2.25. The zero-order valence-corrected chi connectivity index (χ0v) is 10.7. The first-order valence-corrected chi connectivity index (χ1v) is 5.91. The minimum atomic E-state index is -0.715. The molecule has 0 aliphatic rings. The van der Waals surface area contributed by atoms with Gasteiger partial charge in [-0.1, -0.05) is 29.8 Å². The number of aliphatic hydroxyl groups is 1. The van der Waals surface area contributed by atoms with Crippen LogP contribution in [-0.2, 0) is 6.42 Å². The fourth-order valence-electron chi connectivity index (χ4n) is 1.71. The molecular weight excluding hydrogens is 220 g/mol. The molecule has 2 heteroatoms. The second-order valence-electron chi connectivity index (χ2n) is 4.60. The third-order valence-electron chi connectivity index (χ3n) is 2.67. The molecule has 0 saturated carbocycles. The summed E-state index contributed by atoms with van der Waals surface area (Å²) < 4.78 is 0. The number of allylic oxidation sites excluding steroid dienone is 1. The lowest BCUT2D eigenvalue weighted by atomic mass is 9.91. The van der Waals surface area contributed by atoms with E-state index in [1.807, 2.05) is 38.1 Å². The van der Waals surface area contributed by atoms with Gasteiger partial charge in [0.15, 0.2) is 0 Å². The second kappa shape index (κ2) is 5.51. The van der Waals surface area contributed by atoms with Crippen molar-refractivity contribution in [2.75, 3.05) is 0 Å². The monoisotopic (exact) mass is 238 g/mol. The standard InChI is InChI=1S/C14H19ClO/c1-4-5-8-14(3,16)10-12-7-6-11(2)9-13(12)15/h4,6-7,9,16H,1,5,8,10H2,2-3H3. The molecule has 0 radical (unpaired) electrons. The van der Waals surface area contributed by atoms with Gasteiger partial charge in [-0.3, -0.25) is 0 Å². The van der Waals surface area contributed by atoms with Gasteiger partial charge in [0.1, 0.15) is 0 Å². The Hall–Kier alpha value is -0.790. The molecule has 0 aromatic heterocycles. The van der Waals surface area contributed by atoms with Gasteiger partial charge in [-0.15, -0.1) is 6.58 Å². The molecule has 16 heavy (non-hydrogen) atoms. The molecule has 1 atom stereocenters. The van der Waals surface area contributed by atoms with Gasteiger partial charge >= 0.3 is 0 Å². The summed E-state index contributed by atoms with van der Waals surface area (Å²) in [5, 5.41) is 10.9. The van der Waals surface area contributed by atoms with E-state index in [1.165, 1.54) is 0 Å². The van der Waals surface area contributed by atoms with Crippen LogP contribution in [0.15, 0.2) is 30.9 Å². The van der Waals surface area contributed by atoms with E-state index in [0.717, 1.165) is 22.6 Å². The Balaban J connectivity index is 2.75. The summed E-state index contributed by atoms with van der Waals surface area (Å²) in [4.78, 5) is 0. The van der Waals surface area contributed by atoms with Crippen molar-refractivity contribution in [3.8, 4) is 0 Å². The van der Waals surface area contributed by atoms with Gasteiger partial charge < -0.3 is 5.11 Å². The van der Waals surface area contributed by atoms with Crippen molar-refractivity contribution in [3.63, 3.8) is 0 Å². The van der Waals surface area contributed by atoms with E-state index in [1.54, 1.807) is 0 Å². The third-order valence-corrected chi connectivity index (χ3v) is 3.02. The van der Waals surface area contributed by atoms with Crippen LogP contribution in [0.1, 0.15) is 30.9 Å². The molecule has 0 saturated heterocycles. The summed E-state index contributed by atoms with van der Waals surface area (Å²) in [5.74, 6) is 0. The summed E-state index contributed by atoms with van der Waals surface area (Å²) in [6, 6.07) is 5.94. The van der Waals surface area contributed by atoms with E-state index in [0.29, 0.717) is 12.8 Å². The number of hydrogen-bond donors (Lipinski definition) is 1. The van der Waals surface area contributed by atoms with E-state index in [4.69, 9.17) is 11.6 Å². The topological polar surface area (TPSA) is 20.2 Å². The summed E-state index contributed by atoms with van der Waals surface area (Å²) in [6.07, 6.45) is 3.93. The fraction of sp³-hybridized carbons (Fsp3) is 0.429. The van der Waals surface area contributed by atoms with Crippen LogP contribution in [-0.4, -0.2) is 10.7 Å². The Morgan fingerprint density at radius 1 is 1.50 bits per heavy atom. The van der Waals surface area contributed by atoms with Crippen LogP contribution < -0.4 is 0 Å². The Kier molecular flexibility index (Phi) is 4.57. The minimum Gasteiger partial charge on any atom is -0.390 e. The molecule has 0 heterocycles. The second-order valence-corrected chi connectivity index (χ2v) is 5.00. The quantitative estimate of drug-likeness (QED) is 0.772. The van der Waals surface area contributed by atoms with Crippen molar-refractivity contribution in [3.05, 3.63) is 47.0 Å². The van der Waals surface area contributed by atoms with Crippen molar-refractivity contribution in [2.45, 2.75) is 38.7 Å². The zero-order chi connectivity index (χ0) is 12.2. The highest BCUT2D eigenvalue weighted by molar-refractivity contribution is 6.31. The summed E-state index contributed by atoms with van der Waals surface area (Å²) in [5.41, 5.74) is 1.42. The number of halogens is 1. The highest BCUT2D eigenvalue weighted by atomic mass is 35.5. The molecule has 1 aromatic rings. The molecule has 0 fully saturated rings.